The summed E-state index contributed by atoms with van der Waals surface area (Å²) in [6.45, 7) is 7.94. The third kappa shape index (κ3) is 5.68. The Hall–Kier alpha value is -3.61. The monoisotopic (exact) mass is 390 g/mol. The van der Waals surface area contributed by atoms with E-state index in [1.807, 2.05) is 66.1 Å². The van der Waals surface area contributed by atoms with Gasteiger partial charge in [0, 0.05) is 17.8 Å². The maximum atomic E-state index is 5.71. The van der Waals surface area contributed by atoms with Gasteiger partial charge in [0.2, 0.25) is 0 Å². The van der Waals surface area contributed by atoms with Gasteiger partial charge in [-0.15, -0.1) is 10.2 Å². The highest BCUT2D eigenvalue weighted by Crippen LogP contribution is 2.18. The Labute approximate surface area is 171 Å². The standard InChI is InChI=1S/C22H26N6O/c1-3-14-29-20-13-9-8-10-18(20)15-24-22(23-4-2)25-16-21-27-26-17-28(21)19-11-6-5-7-12-19/h3,5-13,17H,1,4,14-16H2,2H3,(H2,23,24,25). The first-order chi connectivity index (χ1) is 14.3. The molecule has 1 aromatic heterocycles. The van der Waals surface area contributed by atoms with Crippen molar-refractivity contribution >= 4 is 5.96 Å². The number of benzene rings is 2. The van der Waals surface area contributed by atoms with Crippen LogP contribution < -0.4 is 15.4 Å². The topological polar surface area (TPSA) is 76.4 Å². The Balaban J connectivity index is 1.69. The molecule has 3 rings (SSSR count). The predicted molar refractivity (Wildman–Crippen MR) is 115 cm³/mol. The van der Waals surface area contributed by atoms with Gasteiger partial charge in [-0.25, -0.2) is 4.99 Å². The van der Waals surface area contributed by atoms with Crippen molar-refractivity contribution in [3.8, 4) is 11.4 Å². The molecule has 0 aliphatic rings. The van der Waals surface area contributed by atoms with Gasteiger partial charge in [-0.2, -0.15) is 0 Å². The van der Waals surface area contributed by atoms with E-state index < -0.39 is 0 Å². The van der Waals surface area contributed by atoms with Crippen LogP contribution >= 0.6 is 0 Å². The Bertz CT molecular complexity index is 935. The predicted octanol–water partition coefficient (Wildman–Crippen LogP) is 3.09. The van der Waals surface area contributed by atoms with Crippen LogP contribution in [0.1, 0.15) is 18.3 Å². The number of aromatic nitrogens is 3. The summed E-state index contributed by atoms with van der Waals surface area (Å²) in [6, 6.07) is 17.9. The minimum atomic E-state index is 0.466. The molecular formula is C22H26N6O. The lowest BCUT2D eigenvalue weighted by Crippen LogP contribution is -2.37. The molecule has 0 amide bonds. The second-order valence-corrected chi connectivity index (χ2v) is 6.21. The number of aliphatic imine (C=N–C) groups is 1. The zero-order chi connectivity index (χ0) is 20.3. The second-order valence-electron chi connectivity index (χ2n) is 6.21. The summed E-state index contributed by atoms with van der Waals surface area (Å²) < 4.78 is 7.67. The van der Waals surface area contributed by atoms with Gasteiger partial charge in [0.1, 0.15) is 18.7 Å². The summed E-state index contributed by atoms with van der Waals surface area (Å²) in [5.74, 6) is 2.32. The fourth-order valence-corrected chi connectivity index (χ4v) is 2.78. The van der Waals surface area contributed by atoms with Crippen molar-refractivity contribution in [2.24, 2.45) is 4.99 Å². The van der Waals surface area contributed by atoms with Crippen molar-refractivity contribution in [3.63, 3.8) is 0 Å². The molecule has 7 heteroatoms. The van der Waals surface area contributed by atoms with Crippen LogP contribution in [0.3, 0.4) is 0 Å². The summed E-state index contributed by atoms with van der Waals surface area (Å²) in [4.78, 5) is 4.69. The Morgan fingerprint density at radius 1 is 1.14 bits per heavy atom. The van der Waals surface area contributed by atoms with Gasteiger partial charge in [-0.3, -0.25) is 4.57 Å². The van der Waals surface area contributed by atoms with Crippen molar-refractivity contribution in [1.82, 2.24) is 25.4 Å². The molecule has 7 nitrogen and oxygen atoms in total. The number of nitrogens with zero attached hydrogens (tertiary/aromatic N) is 4. The molecule has 150 valence electrons. The van der Waals surface area contributed by atoms with Crippen LogP contribution in [-0.4, -0.2) is 33.9 Å². The van der Waals surface area contributed by atoms with Gasteiger partial charge in [-0.05, 0) is 25.1 Å². The largest absolute Gasteiger partial charge is 0.489 e. The number of nitrogens with one attached hydrogen (secondary N) is 2. The van der Waals surface area contributed by atoms with Gasteiger partial charge in [0.15, 0.2) is 11.8 Å². The molecule has 0 spiro atoms. The van der Waals surface area contributed by atoms with Crippen molar-refractivity contribution in [1.29, 1.82) is 0 Å². The maximum Gasteiger partial charge on any atom is 0.191 e. The quantitative estimate of drug-likeness (QED) is 0.334. The molecule has 2 N–H and O–H groups in total. The third-order valence-corrected chi connectivity index (χ3v) is 4.15. The van der Waals surface area contributed by atoms with E-state index in [4.69, 9.17) is 4.74 Å². The molecule has 0 atom stereocenters. The van der Waals surface area contributed by atoms with Crippen LogP contribution in [0.15, 0.2) is 78.6 Å². The molecule has 29 heavy (non-hydrogen) atoms. The van der Waals surface area contributed by atoms with Crippen LogP contribution in [0, 0.1) is 0 Å². The average molecular weight is 390 g/mol. The van der Waals surface area contributed by atoms with Crippen LogP contribution in [0.4, 0.5) is 0 Å². The zero-order valence-corrected chi connectivity index (χ0v) is 16.6. The summed E-state index contributed by atoms with van der Waals surface area (Å²) in [5.41, 5.74) is 2.03. The normalized spacial score (nSPS) is 11.1. The van der Waals surface area contributed by atoms with Crippen LogP contribution in [0.25, 0.3) is 5.69 Å². The average Bonchev–Trinajstić information content (AvgIpc) is 3.24. The second kappa shape index (κ2) is 10.7. The third-order valence-electron chi connectivity index (χ3n) is 4.15. The number of hydrogen-bond acceptors (Lipinski definition) is 4. The highest BCUT2D eigenvalue weighted by atomic mass is 16.5. The Kier molecular flexibility index (Phi) is 7.40. The molecular weight excluding hydrogens is 364 g/mol. The highest BCUT2D eigenvalue weighted by Gasteiger charge is 2.08. The summed E-state index contributed by atoms with van der Waals surface area (Å²) >= 11 is 0. The van der Waals surface area contributed by atoms with Gasteiger partial charge in [0.05, 0.1) is 13.1 Å². The number of rotatable bonds is 9. The van der Waals surface area contributed by atoms with E-state index in [0.717, 1.165) is 29.4 Å². The highest BCUT2D eigenvalue weighted by molar-refractivity contribution is 5.79. The first kappa shape index (κ1) is 20.1. The van der Waals surface area contributed by atoms with Crippen LogP contribution in [0.5, 0.6) is 5.75 Å². The van der Waals surface area contributed by atoms with Crippen molar-refractivity contribution in [2.75, 3.05) is 13.2 Å². The minimum absolute atomic E-state index is 0.466. The van der Waals surface area contributed by atoms with Gasteiger partial charge in [-0.1, -0.05) is 49.1 Å². The summed E-state index contributed by atoms with van der Waals surface area (Å²) in [7, 11) is 0. The van der Waals surface area contributed by atoms with Crippen LogP contribution in [-0.2, 0) is 13.1 Å². The number of guanidine groups is 1. The number of ether oxygens (including phenoxy) is 1. The molecule has 0 saturated heterocycles. The fourth-order valence-electron chi connectivity index (χ4n) is 2.78. The van der Waals surface area contributed by atoms with E-state index in [0.29, 0.717) is 25.7 Å². The molecule has 0 radical (unpaired) electrons. The maximum absolute atomic E-state index is 5.71. The van der Waals surface area contributed by atoms with Gasteiger partial charge in [0.25, 0.3) is 0 Å². The lowest BCUT2D eigenvalue weighted by Gasteiger charge is -2.13. The molecule has 0 fully saturated rings. The molecule has 0 bridgehead atoms. The summed E-state index contributed by atoms with van der Waals surface area (Å²) in [5, 5.41) is 14.9. The van der Waals surface area contributed by atoms with E-state index in [9.17, 15) is 0 Å². The first-order valence-electron chi connectivity index (χ1n) is 9.60. The SMILES string of the molecule is C=CCOc1ccccc1CN=C(NCC)NCc1nncn1-c1ccccc1. The minimum Gasteiger partial charge on any atom is -0.489 e. The Morgan fingerprint density at radius 3 is 2.72 bits per heavy atom. The van der Waals surface area contributed by atoms with E-state index in [-0.39, 0.29) is 0 Å². The molecule has 1 heterocycles. The lowest BCUT2D eigenvalue weighted by atomic mass is 10.2. The zero-order valence-electron chi connectivity index (χ0n) is 16.6. The van der Waals surface area contributed by atoms with E-state index in [1.165, 1.54) is 0 Å². The Morgan fingerprint density at radius 2 is 1.93 bits per heavy atom. The lowest BCUT2D eigenvalue weighted by molar-refractivity contribution is 0.359. The van der Waals surface area contributed by atoms with E-state index in [2.05, 4.69) is 32.4 Å². The molecule has 0 aliphatic carbocycles. The van der Waals surface area contributed by atoms with Gasteiger partial charge < -0.3 is 15.4 Å². The molecule has 0 unspecified atom stereocenters. The fraction of sp³-hybridized carbons (Fsp3) is 0.227. The summed E-state index contributed by atoms with van der Waals surface area (Å²) in [6.07, 6.45) is 3.44. The number of para-hydroxylation sites is 2. The van der Waals surface area contributed by atoms with Crippen molar-refractivity contribution in [3.05, 3.63) is 85.0 Å². The molecule has 0 aliphatic heterocycles. The smallest absolute Gasteiger partial charge is 0.191 e. The molecule has 0 saturated carbocycles. The van der Waals surface area contributed by atoms with E-state index in [1.54, 1.807) is 12.4 Å². The molecule has 3 aromatic rings. The van der Waals surface area contributed by atoms with Crippen molar-refractivity contribution in [2.45, 2.75) is 20.0 Å². The molecule has 2 aromatic carbocycles. The van der Waals surface area contributed by atoms with Crippen molar-refractivity contribution < 1.29 is 4.74 Å². The first-order valence-corrected chi connectivity index (χ1v) is 9.60. The van der Waals surface area contributed by atoms with E-state index >= 15 is 0 Å². The number of hydrogen-bond donors (Lipinski definition) is 2. The van der Waals surface area contributed by atoms with Gasteiger partial charge >= 0.3 is 0 Å². The van der Waals surface area contributed by atoms with Crippen LogP contribution in [0.2, 0.25) is 0 Å².